The maximum absolute atomic E-state index is 11.3. The molecule has 1 aromatic rings. The first-order valence-corrected chi connectivity index (χ1v) is 9.01. The summed E-state index contributed by atoms with van der Waals surface area (Å²) < 4.78 is 21.7. The molecule has 0 unspecified atom stereocenters. The van der Waals surface area contributed by atoms with E-state index in [1.54, 1.807) is 32.4 Å². The van der Waals surface area contributed by atoms with Gasteiger partial charge in [-0.1, -0.05) is 0 Å². The molecule has 1 atom stereocenters. The van der Waals surface area contributed by atoms with Gasteiger partial charge in [-0.15, -0.1) is 0 Å². The number of carbonyl (C=O) groups excluding carboxylic acids is 2. The standard InChI is InChI=1S/C14H19IO6/c1-9(18-4)13-8-12(19-5)6-7-14(13)15(20-10(2)16)21-11(3)17/h6-9H,1-5H3/t9-/m0/s1. The summed E-state index contributed by atoms with van der Waals surface area (Å²) in [5.74, 6) is -0.305. The zero-order valence-electron chi connectivity index (χ0n) is 12.6. The van der Waals surface area contributed by atoms with E-state index in [0.29, 0.717) is 9.32 Å². The molecule has 1 rings (SSSR count). The summed E-state index contributed by atoms with van der Waals surface area (Å²) in [5.41, 5.74) is 0.782. The topological polar surface area (TPSA) is 71.1 Å². The number of methoxy groups -OCH3 is 2. The van der Waals surface area contributed by atoms with Crippen molar-refractivity contribution in [3.8, 4) is 5.75 Å². The molecule has 0 saturated carbocycles. The first kappa shape index (κ1) is 17.7. The molecule has 0 saturated heterocycles. The van der Waals surface area contributed by atoms with Gasteiger partial charge >= 0.3 is 132 Å². The Hall–Kier alpha value is -1.35. The Morgan fingerprint density at radius 1 is 1.10 bits per heavy atom. The Morgan fingerprint density at radius 3 is 2.10 bits per heavy atom. The average Bonchev–Trinajstić information content (AvgIpc) is 2.44. The molecule has 21 heavy (non-hydrogen) atoms. The number of hydrogen-bond donors (Lipinski definition) is 0. The first-order chi connectivity index (χ1) is 9.88. The van der Waals surface area contributed by atoms with Crippen LogP contribution in [0.5, 0.6) is 5.75 Å². The monoisotopic (exact) mass is 410 g/mol. The summed E-state index contributed by atoms with van der Waals surface area (Å²) in [5, 5.41) is 0. The zero-order chi connectivity index (χ0) is 16.0. The van der Waals surface area contributed by atoms with Crippen LogP contribution in [0, 0.1) is 3.57 Å². The molecule has 0 aliphatic carbocycles. The maximum atomic E-state index is 11.3. The van der Waals surface area contributed by atoms with Crippen molar-refractivity contribution in [1.29, 1.82) is 0 Å². The van der Waals surface area contributed by atoms with Crippen LogP contribution >= 0.6 is 20.6 Å². The second kappa shape index (κ2) is 8.18. The van der Waals surface area contributed by atoms with Crippen molar-refractivity contribution < 1.29 is 25.2 Å². The Morgan fingerprint density at radius 2 is 1.67 bits per heavy atom. The van der Waals surface area contributed by atoms with Gasteiger partial charge in [-0.25, -0.2) is 0 Å². The fourth-order valence-electron chi connectivity index (χ4n) is 1.52. The van der Waals surface area contributed by atoms with Gasteiger partial charge in [-0.05, 0) is 0 Å². The van der Waals surface area contributed by atoms with E-state index in [0.717, 1.165) is 5.56 Å². The molecule has 0 aromatic heterocycles. The van der Waals surface area contributed by atoms with Crippen molar-refractivity contribution >= 4 is 32.6 Å². The van der Waals surface area contributed by atoms with Crippen LogP contribution in [0.25, 0.3) is 0 Å². The molecular weight excluding hydrogens is 391 g/mol. The number of halogens is 1. The fraction of sp³-hybridized carbons (Fsp3) is 0.429. The molecule has 6 nitrogen and oxygen atoms in total. The van der Waals surface area contributed by atoms with E-state index < -0.39 is 32.6 Å². The van der Waals surface area contributed by atoms with Crippen LogP contribution in [-0.4, -0.2) is 26.2 Å². The van der Waals surface area contributed by atoms with Gasteiger partial charge in [-0.3, -0.25) is 0 Å². The van der Waals surface area contributed by atoms with Gasteiger partial charge in [0.05, 0.1) is 0 Å². The zero-order valence-corrected chi connectivity index (χ0v) is 14.8. The Balaban J connectivity index is 3.27. The van der Waals surface area contributed by atoms with E-state index >= 15 is 0 Å². The van der Waals surface area contributed by atoms with Gasteiger partial charge in [-0.2, -0.15) is 0 Å². The molecule has 7 heteroatoms. The van der Waals surface area contributed by atoms with Crippen LogP contribution in [0.4, 0.5) is 0 Å². The second-order valence-electron chi connectivity index (χ2n) is 4.12. The molecule has 118 valence electrons. The van der Waals surface area contributed by atoms with Crippen LogP contribution in [0.15, 0.2) is 18.2 Å². The Labute approximate surface area is 132 Å². The van der Waals surface area contributed by atoms with E-state index in [1.165, 1.54) is 13.8 Å². The molecule has 0 fully saturated rings. The molecule has 0 N–H and O–H groups in total. The van der Waals surface area contributed by atoms with E-state index in [-0.39, 0.29) is 6.10 Å². The summed E-state index contributed by atoms with van der Waals surface area (Å²) in [6, 6.07) is 5.28. The molecule has 0 aliphatic heterocycles. The van der Waals surface area contributed by atoms with Crippen molar-refractivity contribution in [2.24, 2.45) is 0 Å². The van der Waals surface area contributed by atoms with E-state index in [2.05, 4.69) is 0 Å². The molecule has 0 amide bonds. The third-order valence-corrected chi connectivity index (χ3v) is 6.49. The normalized spacial score (nSPS) is 12.3. The molecular formula is C14H19IO6. The first-order valence-electron chi connectivity index (χ1n) is 6.17. The minimum atomic E-state index is -2.88. The quantitative estimate of drug-likeness (QED) is 0.672. The van der Waals surface area contributed by atoms with Crippen molar-refractivity contribution in [2.75, 3.05) is 14.2 Å². The summed E-state index contributed by atoms with van der Waals surface area (Å²) in [6.45, 7) is 4.43. The van der Waals surface area contributed by atoms with E-state index in [1.807, 2.05) is 6.92 Å². The minimum absolute atomic E-state index is 0.249. The number of benzene rings is 1. The van der Waals surface area contributed by atoms with Gasteiger partial charge in [0.25, 0.3) is 0 Å². The predicted molar refractivity (Wildman–Crippen MR) is 84.7 cm³/mol. The van der Waals surface area contributed by atoms with Crippen LogP contribution < -0.4 is 4.74 Å². The average molecular weight is 410 g/mol. The van der Waals surface area contributed by atoms with Gasteiger partial charge < -0.3 is 0 Å². The van der Waals surface area contributed by atoms with Crippen molar-refractivity contribution in [1.82, 2.24) is 0 Å². The molecule has 0 heterocycles. The van der Waals surface area contributed by atoms with Crippen molar-refractivity contribution in [3.63, 3.8) is 0 Å². The summed E-state index contributed by atoms with van der Waals surface area (Å²) in [7, 11) is 3.13. The number of hydrogen-bond acceptors (Lipinski definition) is 6. The Bertz CT molecular complexity index is 500. The number of ether oxygens (including phenoxy) is 2. The van der Waals surface area contributed by atoms with Crippen LogP contribution in [0.3, 0.4) is 0 Å². The van der Waals surface area contributed by atoms with Gasteiger partial charge in [0, 0.05) is 0 Å². The van der Waals surface area contributed by atoms with Gasteiger partial charge in [0.2, 0.25) is 0 Å². The number of carbonyl (C=O) groups is 2. The van der Waals surface area contributed by atoms with E-state index in [4.69, 9.17) is 15.6 Å². The van der Waals surface area contributed by atoms with E-state index in [9.17, 15) is 9.59 Å². The predicted octanol–water partition coefficient (Wildman–Crippen LogP) is 3.03. The third-order valence-electron chi connectivity index (χ3n) is 2.52. The van der Waals surface area contributed by atoms with Crippen LogP contribution in [0.1, 0.15) is 32.4 Å². The summed E-state index contributed by atoms with van der Waals surface area (Å²) >= 11 is -2.88. The molecule has 0 radical (unpaired) electrons. The second-order valence-corrected chi connectivity index (χ2v) is 7.40. The van der Waals surface area contributed by atoms with Crippen LogP contribution in [-0.2, 0) is 20.5 Å². The van der Waals surface area contributed by atoms with Crippen molar-refractivity contribution in [2.45, 2.75) is 26.9 Å². The van der Waals surface area contributed by atoms with Gasteiger partial charge in [0.1, 0.15) is 0 Å². The SMILES string of the molecule is COc1ccc(I(OC(C)=O)OC(C)=O)c([C@H](C)OC)c1. The fourth-order valence-corrected chi connectivity index (χ4v) is 4.79. The van der Waals surface area contributed by atoms with Crippen molar-refractivity contribution in [3.05, 3.63) is 27.3 Å². The molecule has 1 aromatic carbocycles. The van der Waals surface area contributed by atoms with Gasteiger partial charge in [0.15, 0.2) is 0 Å². The molecule has 0 spiro atoms. The molecule has 0 bridgehead atoms. The van der Waals surface area contributed by atoms with Crippen LogP contribution in [0.2, 0.25) is 0 Å². The summed E-state index contributed by atoms with van der Waals surface area (Å²) in [6.07, 6.45) is -0.249. The Kier molecular flexibility index (Phi) is 6.90. The summed E-state index contributed by atoms with van der Waals surface area (Å²) in [4.78, 5) is 22.5. The molecule has 0 aliphatic rings. The third kappa shape index (κ3) is 5.16. The number of rotatable bonds is 6.